The van der Waals surface area contributed by atoms with Crippen molar-refractivity contribution in [3.63, 3.8) is 0 Å². The Morgan fingerprint density at radius 2 is 1.81 bits per heavy atom. The van der Waals surface area contributed by atoms with Crippen LogP contribution in [0.25, 0.3) is 11.1 Å². The highest BCUT2D eigenvalue weighted by Crippen LogP contribution is 2.49. The van der Waals surface area contributed by atoms with E-state index in [1.165, 1.54) is 13.2 Å². The Balaban J connectivity index is 1.83. The summed E-state index contributed by atoms with van der Waals surface area (Å²) in [5.41, 5.74) is 2.74. The summed E-state index contributed by atoms with van der Waals surface area (Å²) >= 11 is 0. The van der Waals surface area contributed by atoms with E-state index in [1.807, 2.05) is 24.3 Å². The predicted molar refractivity (Wildman–Crippen MR) is 134 cm³/mol. The molecule has 4 rings (SSSR count). The summed E-state index contributed by atoms with van der Waals surface area (Å²) in [4.78, 5) is 12.2. The van der Waals surface area contributed by atoms with Gasteiger partial charge in [0, 0.05) is 5.56 Å². The van der Waals surface area contributed by atoms with Crippen molar-refractivity contribution in [2.24, 2.45) is 10.6 Å². The maximum Gasteiger partial charge on any atom is 0.387 e. The molecule has 10 heteroatoms. The summed E-state index contributed by atoms with van der Waals surface area (Å²) in [5, 5.41) is 5.26. The molecule has 1 unspecified atom stereocenters. The second-order valence-corrected chi connectivity index (χ2v) is 11.1. The lowest BCUT2D eigenvalue weighted by molar-refractivity contribution is -0.150. The Labute approximate surface area is 214 Å². The fourth-order valence-corrected chi connectivity index (χ4v) is 5.25. The minimum Gasteiger partial charge on any atom is -0.480 e. The Kier molecular flexibility index (Phi) is 7.25. The van der Waals surface area contributed by atoms with Gasteiger partial charge in [-0.2, -0.15) is 8.78 Å². The van der Waals surface area contributed by atoms with Crippen molar-refractivity contribution in [1.82, 2.24) is 0 Å². The van der Waals surface area contributed by atoms with E-state index < -0.39 is 33.9 Å². The lowest BCUT2D eigenvalue weighted by atomic mass is 9.84. The van der Waals surface area contributed by atoms with Crippen LogP contribution in [0.1, 0.15) is 42.2 Å². The molecule has 3 aromatic rings. The van der Waals surface area contributed by atoms with Gasteiger partial charge in [-0.05, 0) is 54.7 Å². The first-order valence-electron chi connectivity index (χ1n) is 11.4. The number of ether oxygens (including phenoxy) is 3. The third-order valence-electron chi connectivity index (χ3n) is 6.12. The molecular formula is C27H27F2NO6S. The van der Waals surface area contributed by atoms with Crippen molar-refractivity contribution >= 4 is 16.0 Å². The van der Waals surface area contributed by atoms with Crippen LogP contribution in [-0.4, -0.2) is 28.1 Å². The Morgan fingerprint density at radius 1 is 1.08 bits per heavy atom. The predicted octanol–water partition coefficient (Wildman–Crippen LogP) is 4.97. The molecule has 1 heterocycles. The number of rotatable bonds is 8. The van der Waals surface area contributed by atoms with Crippen molar-refractivity contribution in [2.75, 3.05) is 7.11 Å². The van der Waals surface area contributed by atoms with Gasteiger partial charge >= 0.3 is 12.6 Å². The van der Waals surface area contributed by atoms with Crippen molar-refractivity contribution in [3.8, 4) is 22.6 Å². The molecule has 37 heavy (non-hydrogen) atoms. The van der Waals surface area contributed by atoms with E-state index in [0.717, 1.165) is 11.1 Å². The number of carbonyl (C=O) groups excluding carboxylic acids is 1. The Hall–Kier alpha value is -3.50. The van der Waals surface area contributed by atoms with Gasteiger partial charge in [0.25, 0.3) is 0 Å². The summed E-state index contributed by atoms with van der Waals surface area (Å²) < 4.78 is 65.8. The van der Waals surface area contributed by atoms with Gasteiger partial charge < -0.3 is 14.2 Å². The number of benzene rings is 3. The van der Waals surface area contributed by atoms with Crippen molar-refractivity contribution in [1.29, 1.82) is 0 Å². The molecule has 2 N–H and O–H groups in total. The highest BCUT2D eigenvalue weighted by Gasteiger charge is 2.32. The summed E-state index contributed by atoms with van der Waals surface area (Å²) in [5.74, 6) is -0.456. The maximum absolute atomic E-state index is 13.1. The highest BCUT2D eigenvalue weighted by molar-refractivity contribution is 7.88. The van der Waals surface area contributed by atoms with E-state index >= 15 is 0 Å². The largest absolute Gasteiger partial charge is 0.480 e. The summed E-state index contributed by atoms with van der Waals surface area (Å²) in [6.45, 7) is 0.542. The first-order chi connectivity index (χ1) is 17.4. The molecule has 0 aliphatic carbocycles. The van der Waals surface area contributed by atoms with Crippen LogP contribution in [0.5, 0.6) is 11.5 Å². The van der Waals surface area contributed by atoms with Gasteiger partial charge in [-0.15, -0.1) is 0 Å². The van der Waals surface area contributed by atoms with Crippen LogP contribution >= 0.6 is 0 Å². The van der Waals surface area contributed by atoms with Crippen LogP contribution in [0.2, 0.25) is 0 Å². The lowest BCUT2D eigenvalue weighted by Crippen LogP contribution is -2.28. The monoisotopic (exact) mass is 531 g/mol. The third kappa shape index (κ3) is 5.91. The second kappa shape index (κ2) is 10.1. The quantitative estimate of drug-likeness (QED) is 0.412. The van der Waals surface area contributed by atoms with Gasteiger partial charge in [0.05, 0.1) is 23.8 Å². The molecule has 7 nitrogen and oxygen atoms in total. The highest BCUT2D eigenvalue weighted by atomic mass is 32.2. The average molecular weight is 532 g/mol. The zero-order chi connectivity index (χ0) is 27.0. The summed E-state index contributed by atoms with van der Waals surface area (Å²) in [6.07, 6.45) is -0.285. The minimum atomic E-state index is -3.82. The molecule has 0 radical (unpaired) electrons. The van der Waals surface area contributed by atoms with Gasteiger partial charge in [0.1, 0.15) is 17.6 Å². The summed E-state index contributed by atoms with van der Waals surface area (Å²) in [6, 6.07) is 17.0. The van der Waals surface area contributed by atoms with Crippen LogP contribution in [0, 0.1) is 5.41 Å². The topological polar surface area (TPSA) is 105 Å². The summed E-state index contributed by atoms with van der Waals surface area (Å²) in [7, 11) is -2.47. The molecule has 1 aliphatic rings. The van der Waals surface area contributed by atoms with Crippen LogP contribution in [0.15, 0.2) is 60.7 Å². The van der Waals surface area contributed by atoms with Crippen molar-refractivity contribution in [3.05, 3.63) is 82.9 Å². The fraction of sp³-hybridized carbons (Fsp3) is 0.296. The number of hydrogen-bond donors (Lipinski definition) is 1. The molecule has 3 aromatic carbocycles. The zero-order valence-corrected chi connectivity index (χ0v) is 21.3. The number of esters is 1. The maximum atomic E-state index is 13.1. The van der Waals surface area contributed by atoms with E-state index in [0.29, 0.717) is 34.4 Å². The number of fused-ring (bicyclic) bond motifs is 3. The van der Waals surface area contributed by atoms with Crippen LogP contribution in [0.4, 0.5) is 8.78 Å². The zero-order valence-electron chi connectivity index (χ0n) is 20.5. The number of halogens is 2. The molecule has 196 valence electrons. The van der Waals surface area contributed by atoms with Gasteiger partial charge in [-0.25, -0.2) is 13.6 Å². The van der Waals surface area contributed by atoms with E-state index in [-0.39, 0.29) is 11.7 Å². The van der Waals surface area contributed by atoms with Gasteiger partial charge in [-0.1, -0.05) is 48.5 Å². The second-order valence-electron chi connectivity index (χ2n) is 9.53. The van der Waals surface area contributed by atoms with Gasteiger partial charge in [0.2, 0.25) is 10.0 Å². The Bertz CT molecular complexity index is 1440. The van der Waals surface area contributed by atoms with E-state index in [2.05, 4.69) is 0 Å². The SMILES string of the molecule is COC(=O)C(C)(C)Cc1cccc(C2Oc3cccc(OC(F)F)c3-c3ccc(CS(N)(=O)=O)cc32)c1. The number of carbonyl (C=O) groups is 1. The number of primary sulfonamides is 1. The van der Waals surface area contributed by atoms with E-state index in [1.54, 1.807) is 44.2 Å². The molecular weight excluding hydrogens is 504 g/mol. The van der Waals surface area contributed by atoms with E-state index in [9.17, 15) is 22.0 Å². The third-order valence-corrected chi connectivity index (χ3v) is 6.86. The van der Waals surface area contributed by atoms with Crippen molar-refractivity contribution < 1.29 is 36.2 Å². The number of hydrogen-bond acceptors (Lipinski definition) is 6. The van der Waals surface area contributed by atoms with Crippen molar-refractivity contribution in [2.45, 2.75) is 38.7 Å². The van der Waals surface area contributed by atoms with Crippen LogP contribution in [0.3, 0.4) is 0 Å². The number of nitrogens with two attached hydrogens (primary N) is 1. The molecule has 0 spiro atoms. The number of methoxy groups -OCH3 is 1. The molecule has 1 atom stereocenters. The Morgan fingerprint density at radius 3 is 2.49 bits per heavy atom. The van der Waals surface area contributed by atoms with Gasteiger partial charge in [-0.3, -0.25) is 4.79 Å². The first-order valence-corrected chi connectivity index (χ1v) is 13.1. The minimum absolute atomic E-state index is 0.0556. The molecule has 0 bridgehead atoms. The van der Waals surface area contributed by atoms with E-state index in [4.69, 9.17) is 19.3 Å². The first kappa shape index (κ1) is 26.6. The fourth-order valence-electron chi connectivity index (χ4n) is 4.61. The van der Waals surface area contributed by atoms with Gasteiger partial charge in [0.15, 0.2) is 0 Å². The smallest absolute Gasteiger partial charge is 0.387 e. The standard InChI is InChI=1S/C27H27F2NO6S/c1-27(2,25(31)34-3)14-16-6-4-7-18(12-16)24-20-13-17(15-37(30,32)33)10-11-19(20)23-21(35-24)8-5-9-22(23)36-26(28)29/h4-13,24,26H,14-15H2,1-3H3,(H2,30,32,33). The van der Waals surface area contributed by atoms with Crippen LogP contribution < -0.4 is 14.6 Å². The molecule has 0 aromatic heterocycles. The number of alkyl halides is 2. The molecule has 0 saturated carbocycles. The average Bonchev–Trinajstić information content (AvgIpc) is 2.81. The normalized spacial score (nSPS) is 14.9. The number of sulfonamides is 1. The molecule has 0 saturated heterocycles. The molecule has 0 fully saturated rings. The lowest BCUT2D eigenvalue weighted by Gasteiger charge is -2.31. The van der Waals surface area contributed by atoms with Crippen LogP contribution in [-0.2, 0) is 31.7 Å². The molecule has 0 amide bonds. The molecule has 1 aliphatic heterocycles.